The Balaban J connectivity index is 2.32. The normalized spacial score (nSPS) is 14.8. The van der Waals surface area contributed by atoms with Crippen LogP contribution in [0.4, 0.5) is 0 Å². The number of ketones is 1. The van der Waals surface area contributed by atoms with Crippen LogP contribution in [0.2, 0.25) is 0 Å². The zero-order valence-corrected chi connectivity index (χ0v) is 8.06. The zero-order chi connectivity index (χ0) is 10.3. The molecule has 0 N–H and O–H groups in total. The average Bonchev–Trinajstić information content (AvgIpc) is 2.27. The smallest absolute Gasteiger partial charge is 0.170 e. The summed E-state index contributed by atoms with van der Waals surface area (Å²) in [6.07, 6.45) is 2.21. The molecule has 74 valence electrons. The van der Waals surface area contributed by atoms with Crippen LogP contribution in [-0.2, 0) is 0 Å². The lowest BCUT2D eigenvalue weighted by atomic mass is 10.0. The van der Waals surface area contributed by atoms with Crippen molar-refractivity contribution in [2.45, 2.75) is 6.42 Å². The first-order valence-corrected chi connectivity index (χ1v) is 4.89. The molecule has 0 bridgehead atoms. The molecule has 0 spiro atoms. The molecule has 0 saturated heterocycles. The maximum absolute atomic E-state index is 11.6. The van der Waals surface area contributed by atoms with Gasteiger partial charge in [0.25, 0.3) is 0 Å². The van der Waals surface area contributed by atoms with E-state index in [0.29, 0.717) is 24.3 Å². The van der Waals surface area contributed by atoms with Gasteiger partial charge >= 0.3 is 0 Å². The highest BCUT2D eigenvalue weighted by Gasteiger charge is 2.18. The third-order valence-electron chi connectivity index (χ3n) is 2.59. The number of carbonyl (C=O) groups excluding carboxylic acids is 1. The Hall–Kier alpha value is -1.90. The van der Waals surface area contributed by atoms with Crippen molar-refractivity contribution in [2.24, 2.45) is 0 Å². The maximum atomic E-state index is 11.6. The van der Waals surface area contributed by atoms with E-state index in [-0.39, 0.29) is 5.78 Å². The van der Waals surface area contributed by atoms with Crippen molar-refractivity contribution < 1.29 is 9.53 Å². The van der Waals surface area contributed by atoms with Gasteiger partial charge in [0, 0.05) is 24.1 Å². The van der Waals surface area contributed by atoms with Crippen LogP contribution >= 0.6 is 0 Å². The molecule has 0 unspecified atom stereocenters. The van der Waals surface area contributed by atoms with Crippen LogP contribution in [0.5, 0.6) is 5.75 Å². The van der Waals surface area contributed by atoms with Crippen LogP contribution in [-0.4, -0.2) is 17.4 Å². The number of hydrogen-bond acceptors (Lipinski definition) is 3. The van der Waals surface area contributed by atoms with Gasteiger partial charge in [-0.3, -0.25) is 9.78 Å². The number of nitrogens with zero attached hydrogens (tertiary/aromatic N) is 1. The predicted molar refractivity (Wildman–Crippen MR) is 56.2 cm³/mol. The number of benzene rings is 1. The van der Waals surface area contributed by atoms with Crippen LogP contribution in [0.25, 0.3) is 10.9 Å². The van der Waals surface area contributed by atoms with Gasteiger partial charge in [0.1, 0.15) is 5.75 Å². The molecule has 3 rings (SSSR count). The SMILES string of the molecule is O=C1CCOc2cc3ncccc3cc21. The fourth-order valence-corrected chi connectivity index (χ4v) is 1.83. The minimum Gasteiger partial charge on any atom is -0.492 e. The lowest BCUT2D eigenvalue weighted by Crippen LogP contribution is -2.15. The lowest BCUT2D eigenvalue weighted by molar-refractivity contribution is 0.0934. The second-order valence-corrected chi connectivity index (χ2v) is 3.57. The summed E-state index contributed by atoms with van der Waals surface area (Å²) < 4.78 is 5.44. The number of rotatable bonds is 0. The fourth-order valence-electron chi connectivity index (χ4n) is 1.83. The molecule has 2 aromatic rings. The minimum atomic E-state index is 0.155. The van der Waals surface area contributed by atoms with Crippen LogP contribution < -0.4 is 4.74 Å². The number of Topliss-reactive ketones (excluding diaryl/α,β-unsaturated/α-hetero) is 1. The number of carbonyl (C=O) groups is 1. The number of aromatic nitrogens is 1. The number of ether oxygens (including phenoxy) is 1. The Morgan fingerprint density at radius 1 is 1.33 bits per heavy atom. The Bertz CT molecular complexity index is 548. The summed E-state index contributed by atoms with van der Waals surface area (Å²) in [5.41, 5.74) is 1.55. The van der Waals surface area contributed by atoms with Gasteiger partial charge in [-0.05, 0) is 12.1 Å². The van der Waals surface area contributed by atoms with Crippen molar-refractivity contribution >= 4 is 16.7 Å². The van der Waals surface area contributed by atoms with E-state index in [0.717, 1.165) is 10.9 Å². The average molecular weight is 199 g/mol. The summed E-state index contributed by atoms with van der Waals surface area (Å²) in [6.45, 7) is 0.476. The van der Waals surface area contributed by atoms with Crippen molar-refractivity contribution in [3.8, 4) is 5.75 Å². The third-order valence-corrected chi connectivity index (χ3v) is 2.59. The first-order chi connectivity index (χ1) is 7.34. The molecule has 3 nitrogen and oxygen atoms in total. The van der Waals surface area contributed by atoms with Gasteiger partial charge in [-0.25, -0.2) is 0 Å². The van der Waals surface area contributed by atoms with Gasteiger partial charge in [0.05, 0.1) is 17.7 Å². The first-order valence-electron chi connectivity index (χ1n) is 4.89. The molecule has 1 aliphatic heterocycles. The second kappa shape index (κ2) is 3.05. The topological polar surface area (TPSA) is 39.2 Å². The Morgan fingerprint density at radius 2 is 2.27 bits per heavy atom. The van der Waals surface area contributed by atoms with E-state index in [2.05, 4.69) is 4.98 Å². The number of hydrogen-bond donors (Lipinski definition) is 0. The summed E-state index contributed by atoms with van der Waals surface area (Å²) >= 11 is 0. The highest BCUT2D eigenvalue weighted by atomic mass is 16.5. The summed E-state index contributed by atoms with van der Waals surface area (Å²) in [7, 11) is 0. The van der Waals surface area contributed by atoms with Crippen LogP contribution in [0.3, 0.4) is 0 Å². The largest absolute Gasteiger partial charge is 0.492 e. The summed E-state index contributed by atoms with van der Waals surface area (Å²) in [5.74, 6) is 0.819. The quantitative estimate of drug-likeness (QED) is 0.653. The van der Waals surface area contributed by atoms with E-state index in [1.54, 1.807) is 6.20 Å². The molecule has 1 aromatic carbocycles. The Kier molecular flexibility index (Phi) is 1.71. The van der Waals surface area contributed by atoms with Gasteiger partial charge in [-0.15, -0.1) is 0 Å². The standard InChI is InChI=1S/C12H9NO2/c14-11-3-5-15-12-7-10-8(6-9(11)12)2-1-4-13-10/h1-2,4,6-7H,3,5H2. The molecule has 0 aliphatic carbocycles. The molecule has 1 aliphatic rings. The summed E-state index contributed by atoms with van der Waals surface area (Å²) in [6, 6.07) is 7.51. The van der Waals surface area contributed by atoms with E-state index in [9.17, 15) is 4.79 Å². The van der Waals surface area contributed by atoms with Gasteiger partial charge in [0.2, 0.25) is 0 Å². The van der Waals surface area contributed by atoms with Gasteiger partial charge in [-0.1, -0.05) is 6.07 Å². The first kappa shape index (κ1) is 8.41. The van der Waals surface area contributed by atoms with Crippen molar-refractivity contribution in [1.29, 1.82) is 0 Å². The highest BCUT2D eigenvalue weighted by molar-refractivity contribution is 6.03. The predicted octanol–water partition coefficient (Wildman–Crippen LogP) is 2.20. The molecule has 0 amide bonds. The van der Waals surface area contributed by atoms with E-state index >= 15 is 0 Å². The van der Waals surface area contributed by atoms with E-state index < -0.39 is 0 Å². The maximum Gasteiger partial charge on any atom is 0.170 e. The highest BCUT2D eigenvalue weighted by Crippen LogP contribution is 2.28. The van der Waals surface area contributed by atoms with Crippen LogP contribution in [0.15, 0.2) is 30.5 Å². The molecular weight excluding hydrogens is 190 g/mol. The van der Waals surface area contributed by atoms with Crippen LogP contribution in [0, 0.1) is 0 Å². The molecule has 2 heterocycles. The van der Waals surface area contributed by atoms with Gasteiger partial charge < -0.3 is 4.74 Å². The van der Waals surface area contributed by atoms with Crippen molar-refractivity contribution in [1.82, 2.24) is 4.98 Å². The number of fused-ring (bicyclic) bond motifs is 2. The Morgan fingerprint density at radius 3 is 3.20 bits per heavy atom. The molecule has 0 fully saturated rings. The molecule has 0 saturated carbocycles. The van der Waals surface area contributed by atoms with Crippen LogP contribution in [0.1, 0.15) is 16.8 Å². The van der Waals surface area contributed by atoms with Gasteiger partial charge in [-0.2, -0.15) is 0 Å². The Labute approximate surface area is 86.7 Å². The van der Waals surface area contributed by atoms with E-state index in [4.69, 9.17) is 4.74 Å². The van der Waals surface area contributed by atoms with E-state index in [1.165, 1.54) is 0 Å². The zero-order valence-electron chi connectivity index (χ0n) is 8.06. The van der Waals surface area contributed by atoms with Crippen molar-refractivity contribution in [3.63, 3.8) is 0 Å². The second-order valence-electron chi connectivity index (χ2n) is 3.57. The molecule has 1 aromatic heterocycles. The fraction of sp³-hybridized carbons (Fsp3) is 0.167. The molecule has 0 radical (unpaired) electrons. The molecule has 0 atom stereocenters. The van der Waals surface area contributed by atoms with Crippen molar-refractivity contribution in [2.75, 3.05) is 6.61 Å². The van der Waals surface area contributed by atoms with E-state index in [1.807, 2.05) is 24.3 Å². The summed E-state index contributed by atoms with van der Waals surface area (Å²) in [4.78, 5) is 15.9. The third kappa shape index (κ3) is 1.28. The minimum absolute atomic E-state index is 0.155. The van der Waals surface area contributed by atoms with Gasteiger partial charge in [0.15, 0.2) is 5.78 Å². The molecule has 15 heavy (non-hydrogen) atoms. The lowest BCUT2D eigenvalue weighted by Gasteiger charge is -2.16. The monoisotopic (exact) mass is 199 g/mol. The van der Waals surface area contributed by atoms with Crippen molar-refractivity contribution in [3.05, 3.63) is 36.0 Å². The molecular formula is C12H9NO2. The summed E-state index contributed by atoms with van der Waals surface area (Å²) in [5, 5.41) is 0.982. The molecule has 3 heteroatoms. The number of pyridine rings is 1.